The molecule has 1 atom stereocenters. The molecule has 7 heteroatoms. The van der Waals surface area contributed by atoms with Crippen molar-refractivity contribution in [2.24, 2.45) is 0 Å². The third kappa shape index (κ3) is 4.68. The van der Waals surface area contributed by atoms with E-state index in [1.165, 1.54) is 12.1 Å². The fraction of sp³-hybridized carbons (Fsp3) is 0.250. The lowest BCUT2D eigenvalue weighted by Gasteiger charge is -2.25. The number of hydrogen-bond acceptors (Lipinski definition) is 3. The number of sulfonamides is 1. The highest BCUT2D eigenvalue weighted by Crippen LogP contribution is 2.25. The van der Waals surface area contributed by atoms with Crippen LogP contribution in [0.1, 0.15) is 11.6 Å². The predicted octanol–water partition coefficient (Wildman–Crippen LogP) is 3.57. The Kier molecular flexibility index (Phi) is 6.06. The summed E-state index contributed by atoms with van der Waals surface area (Å²) in [5.74, 6) is 0. The van der Waals surface area contributed by atoms with Gasteiger partial charge in [-0.15, -0.1) is 0 Å². The highest BCUT2D eigenvalue weighted by atomic mass is 35.5. The molecule has 0 amide bonds. The molecular formula is C16H18Cl2N2O2S. The van der Waals surface area contributed by atoms with Gasteiger partial charge in [0.1, 0.15) is 4.90 Å². The SMILES string of the molecule is CN(C)[C@H](CNS(=O)(=O)c1cc(Cl)ccc1Cl)c1ccccc1. The quantitative estimate of drug-likeness (QED) is 0.842. The molecule has 0 saturated carbocycles. The van der Waals surface area contributed by atoms with Gasteiger partial charge in [0.05, 0.1) is 5.02 Å². The number of benzene rings is 2. The summed E-state index contributed by atoms with van der Waals surface area (Å²) < 4.78 is 27.6. The maximum atomic E-state index is 12.5. The van der Waals surface area contributed by atoms with E-state index in [9.17, 15) is 8.42 Å². The van der Waals surface area contributed by atoms with Gasteiger partial charge in [0.25, 0.3) is 0 Å². The minimum Gasteiger partial charge on any atom is -0.301 e. The number of nitrogens with one attached hydrogen (secondary N) is 1. The lowest BCUT2D eigenvalue weighted by Crippen LogP contribution is -2.34. The van der Waals surface area contributed by atoms with E-state index in [0.29, 0.717) is 5.02 Å². The number of halogens is 2. The molecule has 124 valence electrons. The van der Waals surface area contributed by atoms with Gasteiger partial charge >= 0.3 is 0 Å². The van der Waals surface area contributed by atoms with Crippen molar-refractivity contribution in [1.29, 1.82) is 0 Å². The molecule has 4 nitrogen and oxygen atoms in total. The number of nitrogens with zero attached hydrogens (tertiary/aromatic N) is 1. The Morgan fingerprint density at radius 1 is 1.09 bits per heavy atom. The van der Waals surface area contributed by atoms with Crippen molar-refractivity contribution in [2.45, 2.75) is 10.9 Å². The fourth-order valence-electron chi connectivity index (χ4n) is 2.22. The van der Waals surface area contributed by atoms with Crippen LogP contribution in [0.3, 0.4) is 0 Å². The van der Waals surface area contributed by atoms with Crippen molar-refractivity contribution in [3.63, 3.8) is 0 Å². The van der Waals surface area contributed by atoms with E-state index in [4.69, 9.17) is 23.2 Å². The van der Waals surface area contributed by atoms with Crippen LogP contribution in [0, 0.1) is 0 Å². The van der Waals surface area contributed by atoms with Crippen molar-refractivity contribution < 1.29 is 8.42 Å². The molecule has 0 bridgehead atoms. The minimum absolute atomic E-state index is 0.0164. The Hall–Kier alpha value is -1.11. The van der Waals surface area contributed by atoms with Gasteiger partial charge in [-0.2, -0.15) is 0 Å². The zero-order valence-electron chi connectivity index (χ0n) is 12.8. The normalized spacial score (nSPS) is 13.3. The average Bonchev–Trinajstić information content (AvgIpc) is 2.50. The maximum absolute atomic E-state index is 12.5. The summed E-state index contributed by atoms with van der Waals surface area (Å²) in [4.78, 5) is 1.94. The second kappa shape index (κ2) is 7.64. The van der Waals surface area contributed by atoms with Crippen molar-refractivity contribution in [1.82, 2.24) is 9.62 Å². The van der Waals surface area contributed by atoms with Gasteiger partial charge < -0.3 is 4.90 Å². The van der Waals surface area contributed by atoms with Crippen LogP contribution in [0.25, 0.3) is 0 Å². The van der Waals surface area contributed by atoms with Gasteiger partial charge in [0.2, 0.25) is 10.0 Å². The van der Waals surface area contributed by atoms with Gasteiger partial charge in [-0.25, -0.2) is 13.1 Å². The third-order valence-corrected chi connectivity index (χ3v) is 5.60. The number of rotatable bonds is 6. The zero-order valence-corrected chi connectivity index (χ0v) is 15.2. The van der Waals surface area contributed by atoms with Crippen molar-refractivity contribution >= 4 is 33.2 Å². The van der Waals surface area contributed by atoms with Gasteiger partial charge in [-0.1, -0.05) is 53.5 Å². The first-order chi connectivity index (χ1) is 10.8. The van der Waals surface area contributed by atoms with Crippen LogP contribution in [0.2, 0.25) is 10.0 Å². The van der Waals surface area contributed by atoms with Crippen LogP contribution in [0.4, 0.5) is 0 Å². The second-order valence-corrected chi connectivity index (χ2v) is 7.90. The summed E-state index contributed by atoms with van der Waals surface area (Å²) in [6, 6.07) is 14.0. The Labute approximate surface area is 147 Å². The van der Waals surface area contributed by atoms with Crippen LogP contribution >= 0.6 is 23.2 Å². The summed E-state index contributed by atoms with van der Waals surface area (Å²) in [5, 5.41) is 0.463. The van der Waals surface area contributed by atoms with Crippen LogP contribution < -0.4 is 4.72 Å². The van der Waals surface area contributed by atoms with E-state index >= 15 is 0 Å². The van der Waals surface area contributed by atoms with Crippen molar-refractivity contribution in [3.8, 4) is 0 Å². The van der Waals surface area contributed by atoms with E-state index < -0.39 is 10.0 Å². The van der Waals surface area contributed by atoms with E-state index in [-0.39, 0.29) is 22.5 Å². The molecule has 0 heterocycles. The lowest BCUT2D eigenvalue weighted by atomic mass is 10.1. The average molecular weight is 373 g/mol. The Morgan fingerprint density at radius 3 is 2.35 bits per heavy atom. The highest BCUT2D eigenvalue weighted by molar-refractivity contribution is 7.89. The Bertz CT molecular complexity index is 765. The molecule has 2 aromatic carbocycles. The van der Waals surface area contributed by atoms with Crippen LogP contribution in [-0.2, 0) is 10.0 Å². The molecule has 1 N–H and O–H groups in total. The van der Waals surface area contributed by atoms with Crippen LogP contribution in [-0.4, -0.2) is 34.0 Å². The standard InChI is InChI=1S/C16H18Cl2N2O2S/c1-20(2)15(12-6-4-3-5-7-12)11-19-23(21,22)16-10-13(17)8-9-14(16)18/h3-10,15,19H,11H2,1-2H3/t15-/m1/s1. The summed E-state index contributed by atoms with van der Waals surface area (Å²) >= 11 is 11.9. The minimum atomic E-state index is -3.74. The van der Waals surface area contributed by atoms with Gasteiger partial charge in [0.15, 0.2) is 0 Å². The van der Waals surface area contributed by atoms with E-state index in [0.717, 1.165) is 5.56 Å². The molecule has 0 saturated heterocycles. The van der Waals surface area contributed by atoms with Gasteiger partial charge in [-0.05, 0) is 37.9 Å². The topological polar surface area (TPSA) is 49.4 Å². The Morgan fingerprint density at radius 2 is 1.74 bits per heavy atom. The molecule has 2 aromatic rings. The zero-order chi connectivity index (χ0) is 17.0. The molecule has 0 aliphatic carbocycles. The van der Waals surface area contributed by atoms with Crippen molar-refractivity contribution in [3.05, 3.63) is 64.1 Å². The third-order valence-electron chi connectivity index (χ3n) is 3.46. The van der Waals surface area contributed by atoms with E-state index in [1.807, 2.05) is 49.3 Å². The van der Waals surface area contributed by atoms with E-state index in [1.54, 1.807) is 6.07 Å². The summed E-state index contributed by atoms with van der Waals surface area (Å²) in [5.41, 5.74) is 1.03. The molecule has 0 aromatic heterocycles. The first-order valence-electron chi connectivity index (χ1n) is 6.97. The molecule has 0 fully saturated rings. The molecular weight excluding hydrogens is 355 g/mol. The largest absolute Gasteiger partial charge is 0.301 e. The van der Waals surface area contributed by atoms with Gasteiger partial charge in [-0.3, -0.25) is 0 Å². The number of likely N-dealkylation sites (N-methyl/N-ethyl adjacent to an activating group) is 1. The maximum Gasteiger partial charge on any atom is 0.242 e. The first kappa shape index (κ1) is 18.2. The molecule has 0 aliphatic heterocycles. The predicted molar refractivity (Wildman–Crippen MR) is 94.5 cm³/mol. The van der Waals surface area contributed by atoms with E-state index in [2.05, 4.69) is 4.72 Å². The molecule has 0 radical (unpaired) electrons. The Balaban J connectivity index is 2.22. The van der Waals surface area contributed by atoms with Crippen molar-refractivity contribution in [2.75, 3.05) is 20.6 Å². The second-order valence-electron chi connectivity index (χ2n) is 5.32. The monoisotopic (exact) mass is 372 g/mol. The molecule has 0 spiro atoms. The summed E-state index contributed by atoms with van der Waals surface area (Å²) in [7, 11) is 0.0592. The lowest BCUT2D eigenvalue weighted by molar-refractivity contribution is 0.299. The molecule has 0 aliphatic rings. The number of hydrogen-bond donors (Lipinski definition) is 1. The van der Waals surface area contributed by atoms with Crippen LogP contribution in [0.5, 0.6) is 0 Å². The first-order valence-corrected chi connectivity index (χ1v) is 9.21. The highest BCUT2D eigenvalue weighted by Gasteiger charge is 2.22. The smallest absolute Gasteiger partial charge is 0.242 e. The fourth-order valence-corrected chi connectivity index (χ4v) is 4.02. The summed E-state index contributed by atoms with van der Waals surface area (Å²) in [6.45, 7) is 0.224. The molecule has 0 unspecified atom stereocenters. The summed E-state index contributed by atoms with van der Waals surface area (Å²) in [6.07, 6.45) is 0. The molecule has 2 rings (SSSR count). The van der Waals surface area contributed by atoms with Gasteiger partial charge in [0, 0.05) is 17.6 Å². The molecule has 23 heavy (non-hydrogen) atoms. The van der Waals surface area contributed by atoms with Crippen LogP contribution in [0.15, 0.2) is 53.4 Å².